The standard InChI is InChI=1S/C54H100O6/c1-4-7-10-13-16-19-22-24-25-26-27-28-29-30-31-33-35-38-41-44-47-53(56)59-50-51(49-58-52(55)46-43-40-37-34-21-18-15-12-9-6-3)60-54(57)48-45-42-39-36-32-23-20-17-14-11-8-5-2/h12,15,17,20,51H,4-11,13-14,16,18-19,21-50H2,1-3H3/b15-12-,20-17-. The third kappa shape index (κ3) is 46.9. The lowest BCUT2D eigenvalue weighted by Gasteiger charge is -2.18. The zero-order chi connectivity index (χ0) is 43.7. The van der Waals surface area contributed by atoms with Crippen molar-refractivity contribution in [3.8, 4) is 0 Å². The van der Waals surface area contributed by atoms with Crippen LogP contribution in [0.5, 0.6) is 0 Å². The second kappa shape index (κ2) is 49.5. The number of carbonyl (C=O) groups excluding carboxylic acids is 3. The van der Waals surface area contributed by atoms with Crippen LogP contribution in [0.15, 0.2) is 24.3 Å². The van der Waals surface area contributed by atoms with Gasteiger partial charge in [-0.2, -0.15) is 0 Å². The first-order valence-corrected chi connectivity index (χ1v) is 26.3. The molecule has 60 heavy (non-hydrogen) atoms. The molecule has 0 spiro atoms. The van der Waals surface area contributed by atoms with Crippen molar-refractivity contribution in [3.63, 3.8) is 0 Å². The summed E-state index contributed by atoms with van der Waals surface area (Å²) in [5.74, 6) is -0.882. The van der Waals surface area contributed by atoms with Gasteiger partial charge in [0.2, 0.25) is 0 Å². The molecule has 0 amide bonds. The van der Waals surface area contributed by atoms with E-state index in [4.69, 9.17) is 14.2 Å². The van der Waals surface area contributed by atoms with Gasteiger partial charge in [0.05, 0.1) is 0 Å². The van der Waals surface area contributed by atoms with Crippen LogP contribution in [0, 0.1) is 0 Å². The highest BCUT2D eigenvalue weighted by Gasteiger charge is 2.19. The van der Waals surface area contributed by atoms with Crippen LogP contribution in [0.25, 0.3) is 0 Å². The number of carbonyl (C=O) groups is 3. The number of unbranched alkanes of at least 4 members (excludes halogenated alkanes) is 33. The quantitative estimate of drug-likeness (QED) is 0.0263. The Kier molecular flexibility index (Phi) is 47.8. The lowest BCUT2D eigenvalue weighted by atomic mass is 10.0. The molecule has 0 N–H and O–H groups in total. The molecule has 1 unspecified atom stereocenters. The van der Waals surface area contributed by atoms with Gasteiger partial charge in [-0.1, -0.05) is 225 Å². The molecule has 0 aromatic carbocycles. The van der Waals surface area contributed by atoms with Gasteiger partial charge in [0, 0.05) is 19.3 Å². The maximum absolute atomic E-state index is 12.7. The molecule has 0 aliphatic carbocycles. The summed E-state index contributed by atoms with van der Waals surface area (Å²) in [6.45, 7) is 6.57. The maximum Gasteiger partial charge on any atom is 0.306 e. The van der Waals surface area contributed by atoms with Crippen LogP contribution in [-0.4, -0.2) is 37.2 Å². The SMILES string of the molecule is CCC/C=C\CCCCCCCC(=O)OCC(COC(=O)CCCCCCCCCCCCCCCCCCCCCC)OC(=O)CCCCCCC/C=C\CCCCC. The summed E-state index contributed by atoms with van der Waals surface area (Å²) in [7, 11) is 0. The van der Waals surface area contributed by atoms with Gasteiger partial charge in [-0.05, 0) is 64.2 Å². The van der Waals surface area contributed by atoms with Gasteiger partial charge in [0.25, 0.3) is 0 Å². The van der Waals surface area contributed by atoms with E-state index in [9.17, 15) is 14.4 Å². The van der Waals surface area contributed by atoms with Gasteiger partial charge >= 0.3 is 17.9 Å². The Labute approximate surface area is 373 Å². The van der Waals surface area contributed by atoms with Gasteiger partial charge in [0.15, 0.2) is 6.10 Å². The maximum atomic E-state index is 12.7. The first kappa shape index (κ1) is 57.9. The van der Waals surface area contributed by atoms with Gasteiger partial charge in [-0.15, -0.1) is 0 Å². The number of hydrogen-bond acceptors (Lipinski definition) is 6. The number of ether oxygens (including phenoxy) is 3. The van der Waals surface area contributed by atoms with Crippen LogP contribution in [-0.2, 0) is 28.6 Å². The molecular formula is C54H100O6. The van der Waals surface area contributed by atoms with Crippen molar-refractivity contribution in [2.45, 2.75) is 290 Å². The Morgan fingerprint density at radius 2 is 0.583 bits per heavy atom. The van der Waals surface area contributed by atoms with Crippen LogP contribution >= 0.6 is 0 Å². The third-order valence-corrected chi connectivity index (χ3v) is 11.7. The molecule has 0 saturated carbocycles. The highest BCUT2D eigenvalue weighted by Crippen LogP contribution is 2.16. The molecule has 1 atom stereocenters. The first-order valence-electron chi connectivity index (χ1n) is 26.3. The minimum atomic E-state index is -0.773. The van der Waals surface area contributed by atoms with E-state index in [1.54, 1.807) is 0 Å². The topological polar surface area (TPSA) is 78.9 Å². The van der Waals surface area contributed by atoms with Crippen LogP contribution in [0.2, 0.25) is 0 Å². The minimum Gasteiger partial charge on any atom is -0.462 e. The molecule has 0 heterocycles. The molecule has 0 aliphatic heterocycles. The second-order valence-corrected chi connectivity index (χ2v) is 17.8. The van der Waals surface area contributed by atoms with Gasteiger partial charge < -0.3 is 14.2 Å². The van der Waals surface area contributed by atoms with E-state index in [2.05, 4.69) is 45.1 Å². The number of allylic oxidation sites excluding steroid dienone is 4. The Morgan fingerprint density at radius 3 is 0.933 bits per heavy atom. The Hall–Kier alpha value is -2.11. The lowest BCUT2D eigenvalue weighted by Crippen LogP contribution is -2.30. The third-order valence-electron chi connectivity index (χ3n) is 11.7. The summed E-state index contributed by atoms with van der Waals surface area (Å²) < 4.78 is 16.8. The van der Waals surface area contributed by atoms with Gasteiger partial charge in [-0.25, -0.2) is 0 Å². The van der Waals surface area contributed by atoms with Crippen LogP contribution in [0.1, 0.15) is 284 Å². The predicted octanol–water partition coefficient (Wildman–Crippen LogP) is 17.2. The van der Waals surface area contributed by atoms with Crippen molar-refractivity contribution in [1.82, 2.24) is 0 Å². The van der Waals surface area contributed by atoms with Crippen molar-refractivity contribution in [2.24, 2.45) is 0 Å². The van der Waals surface area contributed by atoms with Crippen molar-refractivity contribution in [1.29, 1.82) is 0 Å². The highest BCUT2D eigenvalue weighted by molar-refractivity contribution is 5.71. The van der Waals surface area contributed by atoms with E-state index in [0.29, 0.717) is 19.3 Å². The molecule has 0 aromatic rings. The van der Waals surface area contributed by atoms with Crippen molar-refractivity contribution in [2.75, 3.05) is 13.2 Å². The van der Waals surface area contributed by atoms with Crippen LogP contribution < -0.4 is 0 Å². The average Bonchev–Trinajstić information content (AvgIpc) is 3.24. The zero-order valence-corrected chi connectivity index (χ0v) is 40.2. The van der Waals surface area contributed by atoms with E-state index < -0.39 is 6.10 Å². The summed E-state index contributed by atoms with van der Waals surface area (Å²) in [4.78, 5) is 37.9. The van der Waals surface area contributed by atoms with E-state index in [1.165, 1.54) is 167 Å². The van der Waals surface area contributed by atoms with E-state index in [-0.39, 0.29) is 31.1 Å². The molecule has 6 heteroatoms. The van der Waals surface area contributed by atoms with Crippen molar-refractivity contribution >= 4 is 17.9 Å². The summed E-state index contributed by atoms with van der Waals surface area (Å²) in [6.07, 6.45) is 56.0. The fourth-order valence-electron chi connectivity index (χ4n) is 7.68. The molecule has 0 fully saturated rings. The minimum absolute atomic E-state index is 0.0737. The summed E-state index contributed by atoms with van der Waals surface area (Å²) >= 11 is 0. The predicted molar refractivity (Wildman–Crippen MR) is 256 cm³/mol. The number of hydrogen-bond donors (Lipinski definition) is 0. The smallest absolute Gasteiger partial charge is 0.306 e. The lowest BCUT2D eigenvalue weighted by molar-refractivity contribution is -0.167. The summed E-state index contributed by atoms with van der Waals surface area (Å²) in [6, 6.07) is 0. The Bertz CT molecular complexity index is 973. The Balaban J connectivity index is 4.23. The molecule has 6 nitrogen and oxygen atoms in total. The zero-order valence-electron chi connectivity index (χ0n) is 40.2. The molecule has 0 rings (SSSR count). The fourth-order valence-corrected chi connectivity index (χ4v) is 7.68. The van der Waals surface area contributed by atoms with Crippen molar-refractivity contribution in [3.05, 3.63) is 24.3 Å². The summed E-state index contributed by atoms with van der Waals surface area (Å²) in [5.41, 5.74) is 0. The molecule has 0 radical (unpaired) electrons. The molecule has 0 aromatic heterocycles. The van der Waals surface area contributed by atoms with E-state index >= 15 is 0 Å². The van der Waals surface area contributed by atoms with Gasteiger partial charge in [-0.3, -0.25) is 14.4 Å². The first-order chi connectivity index (χ1) is 29.5. The number of rotatable bonds is 48. The van der Waals surface area contributed by atoms with Gasteiger partial charge in [0.1, 0.15) is 13.2 Å². The molecule has 352 valence electrons. The Morgan fingerprint density at radius 1 is 0.317 bits per heavy atom. The fraction of sp³-hybridized carbons (Fsp3) is 0.870. The monoisotopic (exact) mass is 845 g/mol. The summed E-state index contributed by atoms with van der Waals surface area (Å²) in [5, 5.41) is 0. The van der Waals surface area contributed by atoms with E-state index in [1.807, 2.05) is 0 Å². The molecular weight excluding hydrogens is 745 g/mol. The normalized spacial score (nSPS) is 12.1. The van der Waals surface area contributed by atoms with Crippen LogP contribution in [0.4, 0.5) is 0 Å². The second-order valence-electron chi connectivity index (χ2n) is 17.8. The number of esters is 3. The van der Waals surface area contributed by atoms with E-state index in [0.717, 1.165) is 77.0 Å². The highest BCUT2D eigenvalue weighted by atomic mass is 16.6. The molecule has 0 saturated heterocycles. The molecule has 0 aliphatic rings. The average molecular weight is 845 g/mol. The largest absolute Gasteiger partial charge is 0.462 e. The van der Waals surface area contributed by atoms with Crippen LogP contribution in [0.3, 0.4) is 0 Å². The molecule has 0 bridgehead atoms. The van der Waals surface area contributed by atoms with Crippen molar-refractivity contribution < 1.29 is 28.6 Å².